The Morgan fingerprint density at radius 3 is 2.30 bits per heavy atom. The van der Waals surface area contributed by atoms with Crippen molar-refractivity contribution in [3.05, 3.63) is 90.5 Å². The number of halogens is 1. The number of carbonyl (C=O) groups excluding carboxylic acids is 1. The lowest BCUT2D eigenvalue weighted by Gasteiger charge is -2.09. The van der Waals surface area contributed by atoms with Crippen molar-refractivity contribution in [1.82, 2.24) is 4.98 Å². The van der Waals surface area contributed by atoms with Gasteiger partial charge >= 0.3 is 0 Å². The quantitative estimate of drug-likeness (QED) is 0.288. The molecule has 10 nitrogen and oxygen atoms in total. The highest BCUT2D eigenvalue weighted by Crippen LogP contribution is 2.33. The molecule has 1 heterocycles. The van der Waals surface area contributed by atoms with Crippen LogP contribution < -0.4 is 5.32 Å². The second-order valence-corrected chi connectivity index (χ2v) is 7.70. The van der Waals surface area contributed by atoms with Crippen molar-refractivity contribution in [1.29, 1.82) is 0 Å². The van der Waals surface area contributed by atoms with E-state index in [1.807, 2.05) is 19.1 Å². The van der Waals surface area contributed by atoms with Gasteiger partial charge in [-0.15, -0.1) is 0 Å². The predicted octanol–water partition coefficient (Wildman–Crippen LogP) is 5.83. The molecule has 0 saturated heterocycles. The molecule has 11 heteroatoms. The van der Waals surface area contributed by atoms with E-state index in [1.165, 1.54) is 19.1 Å². The molecule has 0 spiro atoms. The molecule has 0 aliphatic heterocycles. The summed E-state index contributed by atoms with van der Waals surface area (Å²) in [5, 5.41) is 25.3. The van der Waals surface area contributed by atoms with Crippen molar-refractivity contribution in [2.75, 3.05) is 5.32 Å². The van der Waals surface area contributed by atoms with Gasteiger partial charge < -0.3 is 9.73 Å². The van der Waals surface area contributed by atoms with Gasteiger partial charge in [0.25, 0.3) is 17.3 Å². The van der Waals surface area contributed by atoms with E-state index in [-0.39, 0.29) is 21.8 Å². The largest absolute Gasteiger partial charge is 0.436 e. The second kappa shape index (κ2) is 8.32. The third-order valence-corrected chi connectivity index (χ3v) is 5.34. The monoisotopic (exact) mass is 466 g/mol. The fourth-order valence-corrected chi connectivity index (χ4v) is 3.47. The number of rotatable bonds is 5. The maximum Gasteiger partial charge on any atom is 0.279 e. The molecule has 4 rings (SSSR count). The van der Waals surface area contributed by atoms with E-state index in [4.69, 9.17) is 16.0 Å². The minimum absolute atomic E-state index is 0.146. The molecule has 0 unspecified atom stereocenters. The van der Waals surface area contributed by atoms with Crippen molar-refractivity contribution in [3.8, 4) is 11.5 Å². The number of hydrogen-bond acceptors (Lipinski definition) is 7. The number of benzene rings is 3. The van der Waals surface area contributed by atoms with Crippen LogP contribution in [-0.4, -0.2) is 20.7 Å². The van der Waals surface area contributed by atoms with E-state index in [0.29, 0.717) is 22.6 Å². The van der Waals surface area contributed by atoms with Gasteiger partial charge in [0.15, 0.2) is 5.58 Å². The van der Waals surface area contributed by atoms with Crippen LogP contribution in [0.25, 0.3) is 22.6 Å². The van der Waals surface area contributed by atoms with E-state index >= 15 is 0 Å². The average Bonchev–Trinajstić information content (AvgIpc) is 3.18. The standard InChI is InChI=1S/C22H15ClN4O6/c1-11-3-6-20-17(7-11)25-22(33-20)13-4-5-15(23)16(8-13)24-21(28)14-9-18(26(29)30)12(2)19(10-14)27(31)32/h3-10H,1-2H3,(H,24,28). The lowest BCUT2D eigenvalue weighted by Crippen LogP contribution is -2.13. The number of amides is 1. The fourth-order valence-electron chi connectivity index (χ4n) is 3.30. The van der Waals surface area contributed by atoms with E-state index in [9.17, 15) is 25.0 Å². The first-order valence-electron chi connectivity index (χ1n) is 9.56. The molecule has 166 valence electrons. The first-order valence-corrected chi connectivity index (χ1v) is 9.93. The van der Waals surface area contributed by atoms with Crippen LogP contribution in [0.2, 0.25) is 5.02 Å². The summed E-state index contributed by atoms with van der Waals surface area (Å²) < 4.78 is 5.77. The summed E-state index contributed by atoms with van der Waals surface area (Å²) in [6.45, 7) is 3.18. The normalized spacial score (nSPS) is 10.9. The van der Waals surface area contributed by atoms with E-state index < -0.39 is 27.1 Å². The molecule has 0 bridgehead atoms. The number of anilines is 1. The van der Waals surface area contributed by atoms with Gasteiger partial charge in [-0.3, -0.25) is 25.0 Å². The Morgan fingerprint density at radius 2 is 1.67 bits per heavy atom. The van der Waals surface area contributed by atoms with Gasteiger partial charge in [0, 0.05) is 17.7 Å². The SMILES string of the molecule is Cc1ccc2oc(-c3ccc(Cl)c(NC(=O)c4cc([N+](=O)[O-])c(C)c([N+](=O)[O-])c4)c3)nc2c1. The lowest BCUT2D eigenvalue weighted by atomic mass is 10.1. The molecule has 0 atom stereocenters. The maximum absolute atomic E-state index is 12.8. The Morgan fingerprint density at radius 1 is 1.00 bits per heavy atom. The van der Waals surface area contributed by atoms with Crippen molar-refractivity contribution >= 4 is 45.7 Å². The summed E-state index contributed by atoms with van der Waals surface area (Å²) in [5.41, 5.74) is 1.54. The highest BCUT2D eigenvalue weighted by atomic mass is 35.5. The number of oxazole rings is 1. The number of nitro benzene ring substituents is 2. The second-order valence-electron chi connectivity index (χ2n) is 7.29. The third kappa shape index (κ3) is 4.23. The van der Waals surface area contributed by atoms with Gasteiger partial charge in [0.2, 0.25) is 5.89 Å². The van der Waals surface area contributed by atoms with Gasteiger partial charge in [-0.2, -0.15) is 0 Å². The van der Waals surface area contributed by atoms with Crippen LogP contribution in [0.3, 0.4) is 0 Å². The number of carbonyl (C=O) groups is 1. The fraction of sp³-hybridized carbons (Fsp3) is 0.0909. The first-order chi connectivity index (χ1) is 15.6. The minimum Gasteiger partial charge on any atom is -0.436 e. The Bertz CT molecular complexity index is 1430. The Labute approximate surface area is 191 Å². The zero-order chi connectivity index (χ0) is 23.9. The summed E-state index contributed by atoms with van der Waals surface area (Å²) in [6.07, 6.45) is 0. The van der Waals surface area contributed by atoms with Crippen LogP contribution >= 0.6 is 11.6 Å². The number of aromatic nitrogens is 1. The van der Waals surface area contributed by atoms with Crippen molar-refractivity contribution in [3.63, 3.8) is 0 Å². The molecule has 0 saturated carbocycles. The van der Waals surface area contributed by atoms with Crippen molar-refractivity contribution in [2.45, 2.75) is 13.8 Å². The van der Waals surface area contributed by atoms with Gasteiger partial charge in [-0.25, -0.2) is 4.98 Å². The molecule has 33 heavy (non-hydrogen) atoms. The Balaban J connectivity index is 1.70. The highest BCUT2D eigenvalue weighted by Gasteiger charge is 2.25. The molecular formula is C22H15ClN4O6. The summed E-state index contributed by atoms with van der Waals surface area (Å²) in [7, 11) is 0. The maximum atomic E-state index is 12.8. The van der Waals surface area contributed by atoms with E-state index in [1.54, 1.807) is 12.1 Å². The molecule has 0 aliphatic carbocycles. The molecule has 3 aromatic carbocycles. The summed E-state index contributed by atoms with van der Waals surface area (Å²) in [6, 6.07) is 12.3. The van der Waals surface area contributed by atoms with Gasteiger partial charge in [-0.1, -0.05) is 17.7 Å². The molecule has 1 N–H and O–H groups in total. The van der Waals surface area contributed by atoms with E-state index in [2.05, 4.69) is 10.3 Å². The first kappa shape index (κ1) is 21.9. The molecule has 0 radical (unpaired) electrons. The molecule has 0 fully saturated rings. The topological polar surface area (TPSA) is 141 Å². The zero-order valence-electron chi connectivity index (χ0n) is 17.3. The van der Waals surface area contributed by atoms with Gasteiger partial charge in [-0.05, 0) is 49.7 Å². The number of nitro groups is 2. The van der Waals surface area contributed by atoms with Crippen LogP contribution in [0, 0.1) is 34.1 Å². The van der Waals surface area contributed by atoms with Crippen LogP contribution in [0.1, 0.15) is 21.5 Å². The molecule has 0 aliphatic rings. The average molecular weight is 467 g/mol. The molecular weight excluding hydrogens is 452 g/mol. The number of hydrogen-bond donors (Lipinski definition) is 1. The Kier molecular flexibility index (Phi) is 5.52. The van der Waals surface area contributed by atoms with Crippen molar-refractivity contribution in [2.24, 2.45) is 0 Å². The molecule has 4 aromatic rings. The minimum atomic E-state index is -0.798. The molecule has 1 aromatic heterocycles. The summed E-state index contributed by atoms with van der Waals surface area (Å²) in [5.74, 6) is -0.488. The van der Waals surface area contributed by atoms with Crippen LogP contribution in [0.15, 0.2) is 52.9 Å². The number of aryl methyl sites for hydroxylation is 1. The summed E-state index contributed by atoms with van der Waals surface area (Å²) in [4.78, 5) is 38.3. The van der Waals surface area contributed by atoms with Gasteiger partial charge in [0.05, 0.1) is 26.1 Å². The van der Waals surface area contributed by atoms with Crippen LogP contribution in [0.5, 0.6) is 0 Å². The van der Waals surface area contributed by atoms with Crippen LogP contribution in [0.4, 0.5) is 17.1 Å². The smallest absolute Gasteiger partial charge is 0.279 e. The number of nitrogens with one attached hydrogen (secondary N) is 1. The highest BCUT2D eigenvalue weighted by molar-refractivity contribution is 6.34. The lowest BCUT2D eigenvalue weighted by molar-refractivity contribution is -0.395. The van der Waals surface area contributed by atoms with Gasteiger partial charge in [0.1, 0.15) is 11.1 Å². The molecule has 1 amide bonds. The summed E-state index contributed by atoms with van der Waals surface area (Å²) >= 11 is 6.22. The van der Waals surface area contributed by atoms with Crippen LogP contribution in [-0.2, 0) is 0 Å². The number of fused-ring (bicyclic) bond motifs is 1. The number of nitrogens with zero attached hydrogens (tertiary/aromatic N) is 3. The third-order valence-electron chi connectivity index (χ3n) is 5.01. The zero-order valence-corrected chi connectivity index (χ0v) is 18.0. The predicted molar refractivity (Wildman–Crippen MR) is 122 cm³/mol. The van der Waals surface area contributed by atoms with Crippen molar-refractivity contribution < 1.29 is 19.1 Å². The Hall–Kier alpha value is -4.31. The van der Waals surface area contributed by atoms with E-state index in [0.717, 1.165) is 17.7 Å².